The summed E-state index contributed by atoms with van der Waals surface area (Å²) in [4.78, 5) is 0. The molecule has 1 N–H and O–H groups in total. The molecule has 2 atom stereocenters. The molecular weight excluding hydrogens is 248 g/mol. The molecule has 2 unspecified atom stereocenters. The van der Waals surface area contributed by atoms with E-state index < -0.39 is 0 Å². The Morgan fingerprint density at radius 2 is 1.50 bits per heavy atom. The number of aliphatic hydroxyl groups excluding tert-OH is 1. The lowest BCUT2D eigenvalue weighted by Crippen LogP contribution is -2.38. The molecule has 0 radical (unpaired) electrons. The maximum atomic E-state index is 10.2. The fraction of sp³-hybridized carbons (Fsp3) is 1.00. The Morgan fingerprint density at radius 1 is 0.950 bits per heavy atom. The first-order valence-electron chi connectivity index (χ1n) is 9.01. The summed E-state index contributed by atoms with van der Waals surface area (Å²) in [5.74, 6) is 0. The van der Waals surface area contributed by atoms with Gasteiger partial charge < -0.3 is 9.84 Å². The van der Waals surface area contributed by atoms with Crippen LogP contribution in [0.3, 0.4) is 0 Å². The number of hydrogen-bond donors (Lipinski definition) is 1. The zero-order valence-corrected chi connectivity index (χ0v) is 13.8. The zero-order valence-electron chi connectivity index (χ0n) is 13.8. The number of rotatable bonds is 12. The number of aliphatic hydroxyl groups is 1. The highest BCUT2D eigenvalue weighted by molar-refractivity contribution is 4.87. The van der Waals surface area contributed by atoms with Gasteiger partial charge in [-0.05, 0) is 26.2 Å². The summed E-state index contributed by atoms with van der Waals surface area (Å²) in [7, 11) is 0. The van der Waals surface area contributed by atoms with Crippen LogP contribution in [0.25, 0.3) is 0 Å². The first-order valence-corrected chi connectivity index (χ1v) is 9.01. The smallest absolute Gasteiger partial charge is 0.0913 e. The van der Waals surface area contributed by atoms with E-state index in [1.165, 1.54) is 57.8 Å². The summed E-state index contributed by atoms with van der Waals surface area (Å²) in [6.07, 6.45) is 16.3. The van der Waals surface area contributed by atoms with Crippen molar-refractivity contribution in [2.45, 2.75) is 109 Å². The summed E-state index contributed by atoms with van der Waals surface area (Å²) >= 11 is 0. The normalized spacial score (nSPS) is 24.1. The molecule has 0 aromatic heterocycles. The molecule has 0 aromatic carbocycles. The molecule has 0 saturated carbocycles. The van der Waals surface area contributed by atoms with E-state index in [0.29, 0.717) is 0 Å². The van der Waals surface area contributed by atoms with Gasteiger partial charge in [-0.3, -0.25) is 0 Å². The lowest BCUT2D eigenvalue weighted by molar-refractivity contribution is -0.0810. The van der Waals surface area contributed by atoms with Crippen LogP contribution >= 0.6 is 0 Å². The van der Waals surface area contributed by atoms with Gasteiger partial charge in [0.1, 0.15) is 0 Å². The van der Waals surface area contributed by atoms with Crippen molar-refractivity contribution in [3.8, 4) is 0 Å². The second kappa shape index (κ2) is 10.6. The largest absolute Gasteiger partial charge is 0.390 e. The van der Waals surface area contributed by atoms with Gasteiger partial charge >= 0.3 is 0 Å². The topological polar surface area (TPSA) is 29.5 Å². The third kappa shape index (κ3) is 7.08. The first-order chi connectivity index (χ1) is 9.69. The van der Waals surface area contributed by atoms with Crippen LogP contribution in [0.5, 0.6) is 0 Å². The van der Waals surface area contributed by atoms with Crippen LogP contribution in [-0.2, 0) is 4.74 Å². The Labute approximate surface area is 126 Å². The van der Waals surface area contributed by atoms with E-state index in [-0.39, 0.29) is 11.7 Å². The summed E-state index contributed by atoms with van der Waals surface area (Å²) in [6, 6.07) is 0. The molecule has 20 heavy (non-hydrogen) atoms. The van der Waals surface area contributed by atoms with Crippen molar-refractivity contribution in [2.24, 2.45) is 0 Å². The highest BCUT2D eigenvalue weighted by atomic mass is 16.5. The van der Waals surface area contributed by atoms with Crippen LogP contribution in [-0.4, -0.2) is 23.4 Å². The summed E-state index contributed by atoms with van der Waals surface area (Å²) in [5.41, 5.74) is -0.251. The van der Waals surface area contributed by atoms with Crippen molar-refractivity contribution in [2.75, 3.05) is 6.61 Å². The summed E-state index contributed by atoms with van der Waals surface area (Å²) in [5, 5.41) is 10.2. The van der Waals surface area contributed by atoms with Crippen LogP contribution in [0, 0.1) is 0 Å². The Morgan fingerprint density at radius 3 is 2.00 bits per heavy atom. The fourth-order valence-electron chi connectivity index (χ4n) is 3.19. The second-order valence-corrected chi connectivity index (χ2v) is 6.75. The molecule has 1 aliphatic rings. The van der Waals surface area contributed by atoms with Gasteiger partial charge in [0.05, 0.1) is 11.7 Å². The van der Waals surface area contributed by atoms with Gasteiger partial charge in [0, 0.05) is 6.61 Å². The predicted octanol–water partition coefficient (Wildman–Crippen LogP) is 5.23. The Bertz CT molecular complexity index is 221. The molecule has 2 heteroatoms. The molecule has 0 aliphatic carbocycles. The Hall–Kier alpha value is -0.0800. The van der Waals surface area contributed by atoms with Gasteiger partial charge in [0.2, 0.25) is 0 Å². The van der Waals surface area contributed by atoms with Crippen LogP contribution < -0.4 is 0 Å². The van der Waals surface area contributed by atoms with Gasteiger partial charge in [-0.15, -0.1) is 0 Å². The minimum absolute atomic E-state index is 0.251. The average Bonchev–Trinajstić information content (AvgIpc) is 2.89. The van der Waals surface area contributed by atoms with Crippen LogP contribution in [0.4, 0.5) is 0 Å². The molecule has 1 aliphatic heterocycles. The van der Waals surface area contributed by atoms with Gasteiger partial charge in [-0.1, -0.05) is 71.1 Å². The van der Waals surface area contributed by atoms with Crippen LogP contribution in [0.2, 0.25) is 0 Å². The molecule has 0 bridgehead atoms. The molecule has 2 nitrogen and oxygen atoms in total. The van der Waals surface area contributed by atoms with E-state index in [0.717, 1.165) is 32.3 Å². The van der Waals surface area contributed by atoms with Crippen molar-refractivity contribution in [3.63, 3.8) is 0 Å². The van der Waals surface area contributed by atoms with Crippen LogP contribution in [0.1, 0.15) is 97.3 Å². The minimum Gasteiger partial charge on any atom is -0.390 e. The van der Waals surface area contributed by atoms with Gasteiger partial charge in [0.15, 0.2) is 0 Å². The highest BCUT2D eigenvalue weighted by Gasteiger charge is 2.36. The average molecular weight is 284 g/mol. The van der Waals surface area contributed by atoms with E-state index in [1.54, 1.807) is 0 Å². The molecule has 1 heterocycles. The van der Waals surface area contributed by atoms with Crippen molar-refractivity contribution in [1.29, 1.82) is 0 Å². The Balaban J connectivity index is 1.87. The first kappa shape index (κ1) is 18.0. The maximum absolute atomic E-state index is 10.2. The lowest BCUT2D eigenvalue weighted by atomic mass is 9.91. The molecule has 0 spiro atoms. The quantitative estimate of drug-likeness (QED) is 0.497. The van der Waals surface area contributed by atoms with Crippen LogP contribution in [0.15, 0.2) is 0 Å². The minimum atomic E-state index is -0.265. The molecule has 120 valence electrons. The molecule has 1 saturated heterocycles. The van der Waals surface area contributed by atoms with Crippen molar-refractivity contribution >= 4 is 0 Å². The van der Waals surface area contributed by atoms with E-state index in [2.05, 4.69) is 13.8 Å². The van der Waals surface area contributed by atoms with Crippen molar-refractivity contribution in [1.82, 2.24) is 0 Å². The summed E-state index contributed by atoms with van der Waals surface area (Å²) < 4.78 is 5.69. The van der Waals surface area contributed by atoms with E-state index >= 15 is 0 Å². The Kier molecular flexibility index (Phi) is 9.54. The standard InChI is InChI=1S/C18H36O2/c1-3-4-5-6-7-8-9-10-11-12-14-17(19)18(2)15-13-16-20-18/h17,19H,3-16H2,1-2H3. The fourth-order valence-corrected chi connectivity index (χ4v) is 3.19. The molecule has 0 aromatic rings. The van der Waals surface area contributed by atoms with E-state index in [1.807, 2.05) is 0 Å². The number of ether oxygens (including phenoxy) is 1. The molecular formula is C18H36O2. The summed E-state index contributed by atoms with van der Waals surface area (Å²) in [6.45, 7) is 5.16. The van der Waals surface area contributed by atoms with Gasteiger partial charge in [0.25, 0.3) is 0 Å². The van der Waals surface area contributed by atoms with E-state index in [9.17, 15) is 5.11 Å². The molecule has 0 amide bonds. The van der Waals surface area contributed by atoms with Crippen molar-refractivity contribution < 1.29 is 9.84 Å². The third-order valence-electron chi connectivity index (χ3n) is 4.79. The number of hydrogen-bond acceptors (Lipinski definition) is 2. The monoisotopic (exact) mass is 284 g/mol. The SMILES string of the molecule is CCCCCCCCCCCCC(O)C1(C)CCCO1. The highest BCUT2D eigenvalue weighted by Crippen LogP contribution is 2.31. The molecule has 1 fully saturated rings. The van der Waals surface area contributed by atoms with E-state index in [4.69, 9.17) is 4.74 Å². The number of unbranched alkanes of at least 4 members (excludes halogenated alkanes) is 9. The lowest BCUT2D eigenvalue weighted by Gasteiger charge is -2.29. The molecule has 1 rings (SSSR count). The zero-order chi connectivity index (χ0) is 14.7. The maximum Gasteiger partial charge on any atom is 0.0913 e. The predicted molar refractivity (Wildman–Crippen MR) is 86.1 cm³/mol. The van der Waals surface area contributed by atoms with Gasteiger partial charge in [-0.2, -0.15) is 0 Å². The van der Waals surface area contributed by atoms with Crippen molar-refractivity contribution in [3.05, 3.63) is 0 Å². The third-order valence-corrected chi connectivity index (χ3v) is 4.79. The van der Waals surface area contributed by atoms with Gasteiger partial charge in [-0.25, -0.2) is 0 Å². The second-order valence-electron chi connectivity index (χ2n) is 6.75.